The van der Waals surface area contributed by atoms with Gasteiger partial charge in [-0.1, -0.05) is 25.0 Å². The number of carbonyl (C=O) groups excluding carboxylic acids is 1. The standard InChI is InChI=1S/C38H51N9O5/c1-4-18-46-36(49)31-27-40-37(43-35(31)47(46)33-11-7-10-32(42-33)38(2,3)50)41-29-12-14-30(15-13-29)44-19-21-45(22-20-44)34(48)16-23-51-25-26-52-24-17-39-28-8-5-6-9-28/h4,7,10-15,27-28,39,50H,1,5-6,8-9,16-26H2,2-3H3,(H,40,41,43). The lowest BCUT2D eigenvalue weighted by atomic mass is 10.1. The van der Waals surface area contributed by atoms with Crippen molar-refractivity contribution in [1.82, 2.24) is 34.5 Å². The molecule has 4 aromatic rings. The molecule has 1 saturated carbocycles. The summed E-state index contributed by atoms with van der Waals surface area (Å²) in [5.74, 6) is 0.874. The second-order valence-electron chi connectivity index (χ2n) is 13.8. The quantitative estimate of drug-likeness (QED) is 0.108. The molecule has 0 spiro atoms. The fourth-order valence-electron chi connectivity index (χ4n) is 6.69. The highest BCUT2D eigenvalue weighted by Crippen LogP contribution is 2.24. The van der Waals surface area contributed by atoms with Crippen molar-refractivity contribution in [3.05, 3.63) is 77.4 Å². The number of hydrogen-bond acceptors (Lipinski definition) is 11. The lowest BCUT2D eigenvalue weighted by Gasteiger charge is -2.36. The van der Waals surface area contributed by atoms with Crippen molar-refractivity contribution in [1.29, 1.82) is 0 Å². The molecule has 3 N–H and O–H groups in total. The van der Waals surface area contributed by atoms with E-state index in [4.69, 9.17) is 14.5 Å². The third-order valence-electron chi connectivity index (χ3n) is 9.54. The first kappa shape index (κ1) is 37.1. The fourth-order valence-corrected chi connectivity index (χ4v) is 6.69. The number of amides is 1. The first-order valence-corrected chi connectivity index (χ1v) is 18.3. The summed E-state index contributed by atoms with van der Waals surface area (Å²) in [5, 5.41) is 17.7. The van der Waals surface area contributed by atoms with Gasteiger partial charge in [-0.2, -0.15) is 4.98 Å². The molecule has 1 amide bonds. The van der Waals surface area contributed by atoms with Gasteiger partial charge in [-0.3, -0.25) is 9.59 Å². The highest BCUT2D eigenvalue weighted by Gasteiger charge is 2.23. The minimum atomic E-state index is -1.17. The van der Waals surface area contributed by atoms with Crippen LogP contribution in [0.1, 0.15) is 51.6 Å². The summed E-state index contributed by atoms with van der Waals surface area (Å²) in [6.07, 6.45) is 8.71. The van der Waals surface area contributed by atoms with E-state index in [9.17, 15) is 14.7 Å². The van der Waals surface area contributed by atoms with Crippen LogP contribution >= 0.6 is 0 Å². The van der Waals surface area contributed by atoms with Gasteiger partial charge in [0.25, 0.3) is 5.56 Å². The molecule has 1 saturated heterocycles. The zero-order valence-electron chi connectivity index (χ0n) is 30.3. The molecular weight excluding hydrogens is 662 g/mol. The molecule has 2 aliphatic rings. The first-order chi connectivity index (χ1) is 25.2. The summed E-state index contributed by atoms with van der Waals surface area (Å²) in [5.41, 5.74) is 1.25. The van der Waals surface area contributed by atoms with Crippen LogP contribution in [-0.4, -0.2) is 105 Å². The molecule has 3 aromatic heterocycles. The largest absolute Gasteiger partial charge is 0.384 e. The second kappa shape index (κ2) is 17.3. The molecule has 0 unspecified atom stereocenters. The van der Waals surface area contributed by atoms with Crippen LogP contribution in [0.5, 0.6) is 0 Å². The molecule has 278 valence electrons. The van der Waals surface area contributed by atoms with E-state index in [2.05, 4.69) is 32.1 Å². The maximum atomic E-state index is 13.3. The van der Waals surface area contributed by atoms with Gasteiger partial charge in [-0.15, -0.1) is 6.58 Å². The average Bonchev–Trinajstić information content (AvgIpc) is 3.77. The van der Waals surface area contributed by atoms with E-state index >= 15 is 0 Å². The molecule has 0 atom stereocenters. The average molecular weight is 714 g/mol. The lowest BCUT2D eigenvalue weighted by Crippen LogP contribution is -2.49. The number of benzene rings is 1. The maximum Gasteiger partial charge on any atom is 0.278 e. The zero-order chi connectivity index (χ0) is 36.5. The van der Waals surface area contributed by atoms with Crippen molar-refractivity contribution in [3.8, 4) is 5.82 Å². The van der Waals surface area contributed by atoms with Gasteiger partial charge in [0, 0.05) is 56.3 Å². The van der Waals surface area contributed by atoms with Gasteiger partial charge >= 0.3 is 0 Å². The van der Waals surface area contributed by atoms with Crippen LogP contribution in [0.4, 0.5) is 17.3 Å². The van der Waals surface area contributed by atoms with Gasteiger partial charge in [-0.25, -0.2) is 19.3 Å². The minimum absolute atomic E-state index is 0.115. The summed E-state index contributed by atoms with van der Waals surface area (Å²) in [4.78, 5) is 44.1. The Labute approximate surface area is 304 Å². The van der Waals surface area contributed by atoms with E-state index in [1.165, 1.54) is 36.6 Å². The number of allylic oxidation sites excluding steroid dienone is 1. The number of aromatic nitrogens is 5. The Balaban J connectivity index is 0.987. The number of hydrogen-bond donors (Lipinski definition) is 3. The molecule has 14 heteroatoms. The van der Waals surface area contributed by atoms with E-state index in [-0.39, 0.29) is 18.0 Å². The van der Waals surface area contributed by atoms with Crippen LogP contribution in [0.25, 0.3) is 16.9 Å². The maximum absolute atomic E-state index is 13.3. The summed E-state index contributed by atoms with van der Waals surface area (Å²) in [7, 11) is 0. The lowest BCUT2D eigenvalue weighted by molar-refractivity contribution is -0.132. The van der Waals surface area contributed by atoms with Crippen LogP contribution in [0, 0.1) is 0 Å². The van der Waals surface area contributed by atoms with Gasteiger partial charge in [0.1, 0.15) is 11.0 Å². The number of nitrogens with one attached hydrogen (secondary N) is 2. The molecule has 1 aromatic carbocycles. The van der Waals surface area contributed by atoms with Crippen molar-refractivity contribution in [3.63, 3.8) is 0 Å². The molecule has 0 radical (unpaired) electrons. The molecule has 14 nitrogen and oxygen atoms in total. The predicted octanol–water partition coefficient (Wildman–Crippen LogP) is 3.74. The Hall–Kier alpha value is -4.63. The topological polar surface area (TPSA) is 152 Å². The summed E-state index contributed by atoms with van der Waals surface area (Å²) >= 11 is 0. The molecule has 1 aliphatic heterocycles. The molecule has 52 heavy (non-hydrogen) atoms. The monoisotopic (exact) mass is 713 g/mol. The number of ether oxygens (including phenoxy) is 2. The number of aliphatic hydroxyl groups is 1. The van der Waals surface area contributed by atoms with E-state index in [1.54, 1.807) is 42.8 Å². The number of pyridine rings is 1. The third kappa shape index (κ3) is 9.23. The number of rotatable bonds is 17. The van der Waals surface area contributed by atoms with Crippen molar-refractivity contribution in [2.75, 3.05) is 69.4 Å². The van der Waals surface area contributed by atoms with Crippen molar-refractivity contribution >= 4 is 34.3 Å². The van der Waals surface area contributed by atoms with Crippen LogP contribution < -0.4 is 21.1 Å². The summed E-state index contributed by atoms with van der Waals surface area (Å²) in [6, 6.07) is 13.9. The molecule has 1 aliphatic carbocycles. The van der Waals surface area contributed by atoms with E-state index in [1.807, 2.05) is 29.2 Å². The van der Waals surface area contributed by atoms with Crippen molar-refractivity contribution < 1.29 is 19.4 Å². The highest BCUT2D eigenvalue weighted by atomic mass is 16.5. The van der Waals surface area contributed by atoms with Crippen LogP contribution in [0.15, 0.2) is 66.1 Å². The number of anilines is 3. The van der Waals surface area contributed by atoms with Gasteiger partial charge in [0.15, 0.2) is 11.5 Å². The third-order valence-corrected chi connectivity index (χ3v) is 9.54. The number of carbonyl (C=O) groups is 1. The van der Waals surface area contributed by atoms with Gasteiger partial charge in [0.2, 0.25) is 11.9 Å². The Kier molecular flexibility index (Phi) is 12.3. The Bertz CT molecular complexity index is 1850. The van der Waals surface area contributed by atoms with Crippen LogP contribution in [0.2, 0.25) is 0 Å². The highest BCUT2D eigenvalue weighted by molar-refractivity contribution is 5.77. The van der Waals surface area contributed by atoms with Gasteiger partial charge in [-0.05, 0) is 63.1 Å². The fraction of sp³-hybridized carbons (Fsp3) is 0.500. The molecule has 0 bridgehead atoms. The minimum Gasteiger partial charge on any atom is -0.384 e. The molecule has 2 fully saturated rings. The van der Waals surface area contributed by atoms with Crippen molar-refractivity contribution in [2.24, 2.45) is 0 Å². The van der Waals surface area contributed by atoms with Crippen molar-refractivity contribution in [2.45, 2.75) is 64.1 Å². The van der Waals surface area contributed by atoms with Crippen LogP contribution in [0.3, 0.4) is 0 Å². The van der Waals surface area contributed by atoms with Gasteiger partial charge < -0.3 is 35.0 Å². The molecule has 6 rings (SSSR count). The SMILES string of the molecule is C=CCn1c(=O)c2cnc(Nc3ccc(N4CCN(C(=O)CCOCCOCCNC5CCCC5)CC4)cc3)nc2n1-c1cccc(C(C)(C)O)n1. The van der Waals surface area contributed by atoms with Gasteiger partial charge in [0.05, 0.1) is 45.1 Å². The summed E-state index contributed by atoms with van der Waals surface area (Å²) < 4.78 is 14.4. The Morgan fingerprint density at radius 1 is 1.00 bits per heavy atom. The van der Waals surface area contributed by atoms with Crippen LogP contribution in [-0.2, 0) is 26.4 Å². The van der Waals surface area contributed by atoms with E-state index in [0.29, 0.717) is 80.5 Å². The zero-order valence-corrected chi connectivity index (χ0v) is 30.3. The summed E-state index contributed by atoms with van der Waals surface area (Å²) in [6.45, 7) is 13.2. The number of piperazine rings is 1. The second-order valence-corrected chi connectivity index (χ2v) is 13.8. The van der Waals surface area contributed by atoms with E-state index < -0.39 is 5.60 Å². The van der Waals surface area contributed by atoms with E-state index in [0.717, 1.165) is 31.0 Å². The molecular formula is C38H51N9O5. The Morgan fingerprint density at radius 2 is 1.73 bits per heavy atom. The first-order valence-electron chi connectivity index (χ1n) is 18.3. The normalized spacial score (nSPS) is 15.4. The smallest absolute Gasteiger partial charge is 0.278 e. The molecule has 4 heterocycles. The number of fused-ring (bicyclic) bond motifs is 1. The predicted molar refractivity (Wildman–Crippen MR) is 201 cm³/mol. The number of nitrogens with zero attached hydrogens (tertiary/aromatic N) is 7. The Morgan fingerprint density at radius 3 is 2.44 bits per heavy atom.